The van der Waals surface area contributed by atoms with Gasteiger partial charge in [0.25, 0.3) is 0 Å². The first-order chi connectivity index (χ1) is 4.04. The molecule has 1 heterocycles. The normalized spacial score (nSPS) is 52.0. The average Bonchev–Trinajstić information content (AvgIpc) is 1.97. The Kier molecular flexibility index (Phi) is 1.48. The first-order valence-corrected chi connectivity index (χ1v) is 2.76. The third kappa shape index (κ3) is 1.07. The molecule has 0 saturated carbocycles. The zero-order chi connectivity index (χ0) is 7.07. The van der Waals surface area contributed by atoms with Crippen molar-refractivity contribution in [3.05, 3.63) is 0 Å². The summed E-state index contributed by atoms with van der Waals surface area (Å²) in [4.78, 5) is 0. The van der Waals surface area contributed by atoms with Crippen molar-refractivity contribution in [1.29, 1.82) is 0 Å². The molecule has 4 nitrogen and oxygen atoms in total. The second-order valence-corrected chi connectivity index (χ2v) is 2.38. The van der Waals surface area contributed by atoms with Gasteiger partial charge >= 0.3 is 0 Å². The lowest BCUT2D eigenvalue weighted by atomic mass is 10.1. The molecule has 4 heteroatoms. The molecule has 0 amide bonds. The van der Waals surface area contributed by atoms with Crippen molar-refractivity contribution in [2.75, 3.05) is 6.61 Å². The molecule has 0 aromatic rings. The van der Waals surface area contributed by atoms with Crippen LogP contribution in [-0.4, -0.2) is 39.9 Å². The van der Waals surface area contributed by atoms with Crippen LogP contribution in [0.4, 0.5) is 0 Å². The standard InChI is InChI=1S/C5H10O4/c1-5(8)4(7)3(6)2-9-5/h3-4,6-8H,2H2,1H3. The van der Waals surface area contributed by atoms with Crippen molar-refractivity contribution < 1.29 is 20.1 Å². The van der Waals surface area contributed by atoms with Gasteiger partial charge in [-0.05, 0) is 6.92 Å². The predicted octanol–water partition coefficient (Wildman–Crippen LogP) is -1.55. The summed E-state index contributed by atoms with van der Waals surface area (Å²) in [6, 6.07) is 0. The Bertz CT molecular complexity index is 112. The molecule has 54 valence electrons. The van der Waals surface area contributed by atoms with Gasteiger partial charge in [0.05, 0.1) is 6.61 Å². The van der Waals surface area contributed by atoms with Crippen molar-refractivity contribution in [3.8, 4) is 0 Å². The monoisotopic (exact) mass is 134 g/mol. The van der Waals surface area contributed by atoms with E-state index in [4.69, 9.17) is 15.3 Å². The summed E-state index contributed by atoms with van der Waals surface area (Å²) in [6.07, 6.45) is -2.14. The molecule has 1 fully saturated rings. The predicted molar refractivity (Wildman–Crippen MR) is 28.6 cm³/mol. The summed E-state index contributed by atoms with van der Waals surface area (Å²) in [5.74, 6) is -1.57. The van der Waals surface area contributed by atoms with Crippen molar-refractivity contribution in [1.82, 2.24) is 0 Å². The van der Waals surface area contributed by atoms with Crippen LogP contribution in [0, 0.1) is 0 Å². The summed E-state index contributed by atoms with van der Waals surface area (Å²) in [5.41, 5.74) is 0. The van der Waals surface area contributed by atoms with Gasteiger partial charge in [-0.1, -0.05) is 0 Å². The fourth-order valence-electron chi connectivity index (χ4n) is 0.788. The Hall–Kier alpha value is -0.160. The molecule has 3 N–H and O–H groups in total. The molecule has 1 aliphatic heterocycles. The Morgan fingerprint density at radius 1 is 1.56 bits per heavy atom. The molecule has 9 heavy (non-hydrogen) atoms. The van der Waals surface area contributed by atoms with Gasteiger partial charge in [0.2, 0.25) is 0 Å². The highest BCUT2D eigenvalue weighted by Crippen LogP contribution is 2.22. The van der Waals surface area contributed by atoms with Crippen LogP contribution in [0.3, 0.4) is 0 Å². The minimum Gasteiger partial charge on any atom is -0.388 e. The highest BCUT2D eigenvalue weighted by atomic mass is 16.7. The maximum Gasteiger partial charge on any atom is 0.191 e. The zero-order valence-corrected chi connectivity index (χ0v) is 5.11. The molecule has 0 aromatic carbocycles. The summed E-state index contributed by atoms with van der Waals surface area (Å²) in [7, 11) is 0. The molecule has 0 aliphatic carbocycles. The van der Waals surface area contributed by atoms with Crippen LogP contribution in [0.15, 0.2) is 0 Å². The van der Waals surface area contributed by atoms with Crippen LogP contribution in [0.1, 0.15) is 6.92 Å². The molecule has 0 radical (unpaired) electrons. The number of hydrogen-bond donors (Lipinski definition) is 3. The van der Waals surface area contributed by atoms with Gasteiger partial charge in [0.15, 0.2) is 5.79 Å². The topological polar surface area (TPSA) is 69.9 Å². The first-order valence-electron chi connectivity index (χ1n) is 2.76. The number of aliphatic hydroxyl groups excluding tert-OH is 2. The molecule has 3 unspecified atom stereocenters. The maximum atomic E-state index is 9.00. The quantitative estimate of drug-likeness (QED) is 0.375. The van der Waals surface area contributed by atoms with E-state index in [0.717, 1.165) is 0 Å². The van der Waals surface area contributed by atoms with E-state index in [1.807, 2.05) is 0 Å². The highest BCUT2D eigenvalue weighted by molar-refractivity contribution is 4.85. The fraction of sp³-hybridized carbons (Fsp3) is 1.00. The molecule has 1 aliphatic rings. The minimum atomic E-state index is -1.57. The van der Waals surface area contributed by atoms with Crippen LogP contribution in [0.5, 0.6) is 0 Å². The van der Waals surface area contributed by atoms with Gasteiger partial charge in [-0.15, -0.1) is 0 Å². The summed E-state index contributed by atoms with van der Waals surface area (Å²) < 4.78 is 4.62. The maximum absolute atomic E-state index is 9.00. The summed E-state index contributed by atoms with van der Waals surface area (Å²) in [6.45, 7) is 1.31. The highest BCUT2D eigenvalue weighted by Gasteiger charge is 2.43. The summed E-state index contributed by atoms with van der Waals surface area (Å²) in [5, 5.41) is 26.7. The van der Waals surface area contributed by atoms with Crippen LogP contribution in [0.2, 0.25) is 0 Å². The molecular weight excluding hydrogens is 124 g/mol. The van der Waals surface area contributed by atoms with Crippen molar-refractivity contribution in [3.63, 3.8) is 0 Å². The number of aliphatic hydroxyl groups is 3. The van der Waals surface area contributed by atoms with E-state index >= 15 is 0 Å². The smallest absolute Gasteiger partial charge is 0.191 e. The second-order valence-electron chi connectivity index (χ2n) is 2.38. The van der Waals surface area contributed by atoms with Gasteiger partial charge in [-0.25, -0.2) is 0 Å². The Morgan fingerprint density at radius 3 is 2.22 bits per heavy atom. The Morgan fingerprint density at radius 2 is 2.11 bits per heavy atom. The van der Waals surface area contributed by atoms with Crippen LogP contribution < -0.4 is 0 Å². The van der Waals surface area contributed by atoms with E-state index in [2.05, 4.69) is 4.74 Å². The largest absolute Gasteiger partial charge is 0.388 e. The molecule has 1 rings (SSSR count). The zero-order valence-electron chi connectivity index (χ0n) is 5.11. The fourth-order valence-corrected chi connectivity index (χ4v) is 0.788. The second kappa shape index (κ2) is 1.91. The number of rotatable bonds is 0. The molecule has 0 aromatic heterocycles. The van der Waals surface area contributed by atoms with Crippen molar-refractivity contribution in [2.24, 2.45) is 0 Å². The lowest BCUT2D eigenvalue weighted by molar-refractivity contribution is -0.201. The number of hydrogen-bond acceptors (Lipinski definition) is 4. The van der Waals surface area contributed by atoms with E-state index < -0.39 is 18.0 Å². The number of ether oxygens (including phenoxy) is 1. The Labute approximate surface area is 52.7 Å². The SMILES string of the molecule is CC1(O)OCC(O)C1O. The van der Waals surface area contributed by atoms with E-state index in [9.17, 15) is 0 Å². The molecule has 3 atom stereocenters. The van der Waals surface area contributed by atoms with Crippen molar-refractivity contribution in [2.45, 2.75) is 24.9 Å². The molecule has 0 bridgehead atoms. The molecular formula is C5H10O4. The molecule has 0 spiro atoms. The van der Waals surface area contributed by atoms with E-state index in [1.54, 1.807) is 0 Å². The van der Waals surface area contributed by atoms with Gasteiger partial charge in [0.1, 0.15) is 12.2 Å². The van der Waals surface area contributed by atoms with Gasteiger partial charge in [-0.2, -0.15) is 0 Å². The van der Waals surface area contributed by atoms with Crippen LogP contribution >= 0.6 is 0 Å². The minimum absolute atomic E-state index is 0.00579. The van der Waals surface area contributed by atoms with Gasteiger partial charge in [-0.3, -0.25) is 0 Å². The van der Waals surface area contributed by atoms with Crippen molar-refractivity contribution >= 4 is 0 Å². The first kappa shape index (κ1) is 6.95. The average molecular weight is 134 g/mol. The van der Waals surface area contributed by atoms with E-state index in [0.29, 0.717) is 0 Å². The summed E-state index contributed by atoms with van der Waals surface area (Å²) >= 11 is 0. The van der Waals surface area contributed by atoms with Crippen LogP contribution in [-0.2, 0) is 4.74 Å². The molecule has 1 saturated heterocycles. The van der Waals surface area contributed by atoms with Gasteiger partial charge in [0, 0.05) is 0 Å². The lowest BCUT2D eigenvalue weighted by Gasteiger charge is -2.19. The third-order valence-corrected chi connectivity index (χ3v) is 1.46. The lowest BCUT2D eigenvalue weighted by Crippen LogP contribution is -2.39. The van der Waals surface area contributed by atoms with E-state index in [1.165, 1.54) is 6.92 Å². The third-order valence-electron chi connectivity index (χ3n) is 1.46. The Balaban J connectivity index is 2.62. The van der Waals surface area contributed by atoms with Crippen LogP contribution in [0.25, 0.3) is 0 Å². The van der Waals surface area contributed by atoms with Gasteiger partial charge < -0.3 is 20.1 Å². The van der Waals surface area contributed by atoms with E-state index in [-0.39, 0.29) is 6.61 Å².